The molecular weight excluding hydrogens is 270 g/mol. The Morgan fingerprint density at radius 3 is 2.62 bits per heavy atom. The number of aromatic nitrogens is 1. The zero-order valence-electron chi connectivity index (χ0n) is 12.2. The zero-order valence-corrected chi connectivity index (χ0v) is 12.2. The first-order chi connectivity index (χ1) is 10.1. The molecule has 0 aliphatic rings. The number of pyridine rings is 1. The lowest BCUT2D eigenvalue weighted by molar-refractivity contribution is 0.0600. The van der Waals surface area contributed by atoms with Gasteiger partial charge in [0.2, 0.25) is 5.88 Å². The van der Waals surface area contributed by atoms with Crippen LogP contribution < -0.4 is 4.74 Å². The van der Waals surface area contributed by atoms with E-state index in [1.165, 1.54) is 14.2 Å². The Morgan fingerprint density at radius 2 is 2.00 bits per heavy atom. The molecule has 0 aliphatic heterocycles. The minimum Gasteiger partial charge on any atom is -0.481 e. The Balaban J connectivity index is 2.63. The van der Waals surface area contributed by atoms with Crippen LogP contribution in [-0.2, 0) is 11.3 Å². The van der Waals surface area contributed by atoms with Crippen molar-refractivity contribution in [3.63, 3.8) is 0 Å². The van der Waals surface area contributed by atoms with Crippen LogP contribution in [0.3, 0.4) is 0 Å². The molecule has 21 heavy (non-hydrogen) atoms. The molecular formula is C16H17NO4. The molecule has 2 rings (SSSR count). The SMILES string of the molecule is COC(=O)c1cc(CO)cc(-c2cc(C)cnc2OC)c1. The van der Waals surface area contributed by atoms with E-state index in [-0.39, 0.29) is 6.61 Å². The summed E-state index contributed by atoms with van der Waals surface area (Å²) >= 11 is 0. The summed E-state index contributed by atoms with van der Waals surface area (Å²) in [5.74, 6) is 0.0117. The summed E-state index contributed by atoms with van der Waals surface area (Å²) in [4.78, 5) is 16.0. The summed E-state index contributed by atoms with van der Waals surface area (Å²) < 4.78 is 10.0. The standard InChI is InChI=1S/C16H17NO4/c1-10-4-14(15(20-2)17-8-10)12-5-11(9-18)6-13(7-12)16(19)21-3/h4-8,18H,9H2,1-3H3. The number of hydrogen-bond donors (Lipinski definition) is 1. The lowest BCUT2D eigenvalue weighted by Crippen LogP contribution is -2.03. The average Bonchev–Trinajstić information content (AvgIpc) is 2.53. The van der Waals surface area contributed by atoms with E-state index in [1.807, 2.05) is 13.0 Å². The molecule has 0 bridgehead atoms. The number of aliphatic hydroxyl groups excluding tert-OH is 1. The summed E-state index contributed by atoms with van der Waals surface area (Å²) in [6.45, 7) is 1.76. The first-order valence-corrected chi connectivity index (χ1v) is 6.43. The van der Waals surface area contributed by atoms with Crippen LogP contribution in [0.25, 0.3) is 11.1 Å². The number of rotatable bonds is 4. The Hall–Kier alpha value is -2.40. The van der Waals surface area contributed by atoms with Gasteiger partial charge >= 0.3 is 5.97 Å². The molecule has 0 amide bonds. The Kier molecular flexibility index (Phi) is 4.55. The fraction of sp³-hybridized carbons (Fsp3) is 0.250. The molecule has 0 radical (unpaired) electrons. The Bertz CT molecular complexity index is 667. The molecule has 5 heteroatoms. The van der Waals surface area contributed by atoms with Gasteiger partial charge in [-0.3, -0.25) is 0 Å². The summed E-state index contributed by atoms with van der Waals surface area (Å²) in [5.41, 5.74) is 3.48. The third-order valence-electron chi connectivity index (χ3n) is 3.09. The Labute approximate surface area is 123 Å². The average molecular weight is 287 g/mol. The van der Waals surface area contributed by atoms with Gasteiger partial charge < -0.3 is 14.6 Å². The lowest BCUT2D eigenvalue weighted by Gasteiger charge is -2.11. The molecule has 5 nitrogen and oxygen atoms in total. The predicted octanol–water partition coefficient (Wildman–Crippen LogP) is 2.34. The van der Waals surface area contributed by atoms with Gasteiger partial charge in [0, 0.05) is 11.8 Å². The monoisotopic (exact) mass is 287 g/mol. The van der Waals surface area contributed by atoms with Crippen LogP contribution in [-0.4, -0.2) is 30.3 Å². The topological polar surface area (TPSA) is 68.7 Å². The summed E-state index contributed by atoms with van der Waals surface area (Å²) in [6, 6.07) is 7.02. The van der Waals surface area contributed by atoms with Crippen LogP contribution in [0.15, 0.2) is 30.5 Å². The number of nitrogens with zero attached hydrogens (tertiary/aromatic N) is 1. The van der Waals surface area contributed by atoms with Crippen LogP contribution in [0.2, 0.25) is 0 Å². The summed E-state index contributed by atoms with van der Waals surface area (Å²) in [7, 11) is 2.86. The molecule has 0 atom stereocenters. The highest BCUT2D eigenvalue weighted by molar-refractivity contribution is 5.91. The van der Waals surface area contributed by atoms with E-state index in [0.717, 1.165) is 16.7 Å². The largest absolute Gasteiger partial charge is 0.481 e. The second kappa shape index (κ2) is 6.37. The molecule has 2 aromatic rings. The van der Waals surface area contributed by atoms with Crippen LogP contribution >= 0.6 is 0 Å². The van der Waals surface area contributed by atoms with Gasteiger partial charge in [-0.1, -0.05) is 0 Å². The second-order valence-corrected chi connectivity index (χ2v) is 4.64. The van der Waals surface area contributed by atoms with Gasteiger partial charge in [-0.05, 0) is 47.9 Å². The summed E-state index contributed by atoms with van der Waals surface area (Å²) in [6.07, 6.45) is 1.71. The molecule has 0 fully saturated rings. The van der Waals surface area contributed by atoms with Gasteiger partial charge in [0.15, 0.2) is 0 Å². The minimum atomic E-state index is -0.453. The van der Waals surface area contributed by atoms with Crippen molar-refractivity contribution in [3.05, 3.63) is 47.2 Å². The van der Waals surface area contributed by atoms with E-state index < -0.39 is 5.97 Å². The quantitative estimate of drug-likeness (QED) is 0.874. The molecule has 1 heterocycles. The van der Waals surface area contributed by atoms with Crippen molar-refractivity contribution < 1.29 is 19.4 Å². The van der Waals surface area contributed by atoms with Gasteiger partial charge in [-0.15, -0.1) is 0 Å². The molecule has 0 spiro atoms. The number of aryl methyl sites for hydroxylation is 1. The van der Waals surface area contributed by atoms with E-state index >= 15 is 0 Å². The van der Waals surface area contributed by atoms with Crippen LogP contribution in [0.4, 0.5) is 0 Å². The molecule has 0 aliphatic carbocycles. The second-order valence-electron chi connectivity index (χ2n) is 4.64. The number of aliphatic hydroxyl groups is 1. The fourth-order valence-corrected chi connectivity index (χ4v) is 2.10. The molecule has 1 N–H and O–H groups in total. The number of carbonyl (C=O) groups excluding carboxylic acids is 1. The van der Waals surface area contributed by atoms with Crippen molar-refractivity contribution in [2.45, 2.75) is 13.5 Å². The first-order valence-electron chi connectivity index (χ1n) is 6.43. The number of benzene rings is 1. The van der Waals surface area contributed by atoms with E-state index in [4.69, 9.17) is 9.47 Å². The number of esters is 1. The smallest absolute Gasteiger partial charge is 0.337 e. The van der Waals surface area contributed by atoms with E-state index in [0.29, 0.717) is 17.0 Å². The normalized spacial score (nSPS) is 10.3. The third kappa shape index (κ3) is 3.20. The van der Waals surface area contributed by atoms with Gasteiger partial charge in [0.05, 0.1) is 26.4 Å². The highest BCUT2D eigenvalue weighted by Crippen LogP contribution is 2.30. The van der Waals surface area contributed by atoms with Gasteiger partial charge in [0.1, 0.15) is 0 Å². The third-order valence-corrected chi connectivity index (χ3v) is 3.09. The van der Waals surface area contributed by atoms with Crippen molar-refractivity contribution in [2.75, 3.05) is 14.2 Å². The molecule has 0 saturated heterocycles. The number of methoxy groups -OCH3 is 2. The number of ether oxygens (including phenoxy) is 2. The molecule has 0 unspecified atom stereocenters. The van der Waals surface area contributed by atoms with Crippen molar-refractivity contribution in [2.24, 2.45) is 0 Å². The van der Waals surface area contributed by atoms with Crippen molar-refractivity contribution >= 4 is 5.97 Å². The zero-order chi connectivity index (χ0) is 15.4. The molecule has 0 saturated carbocycles. The number of carbonyl (C=O) groups is 1. The molecule has 1 aromatic heterocycles. The highest BCUT2D eigenvalue weighted by Gasteiger charge is 2.13. The molecule has 110 valence electrons. The van der Waals surface area contributed by atoms with Crippen molar-refractivity contribution in [3.8, 4) is 17.0 Å². The molecule has 1 aromatic carbocycles. The Morgan fingerprint density at radius 1 is 1.24 bits per heavy atom. The van der Waals surface area contributed by atoms with Gasteiger partial charge in [0.25, 0.3) is 0 Å². The predicted molar refractivity (Wildman–Crippen MR) is 78.2 cm³/mol. The van der Waals surface area contributed by atoms with Gasteiger partial charge in [-0.25, -0.2) is 9.78 Å². The number of hydrogen-bond acceptors (Lipinski definition) is 5. The maximum absolute atomic E-state index is 11.7. The van der Waals surface area contributed by atoms with E-state index in [2.05, 4.69) is 4.98 Å². The lowest BCUT2D eigenvalue weighted by atomic mass is 10.00. The summed E-state index contributed by atoms with van der Waals surface area (Å²) in [5, 5.41) is 9.37. The van der Waals surface area contributed by atoms with Crippen molar-refractivity contribution in [1.29, 1.82) is 0 Å². The maximum atomic E-state index is 11.7. The van der Waals surface area contributed by atoms with E-state index in [9.17, 15) is 9.90 Å². The maximum Gasteiger partial charge on any atom is 0.337 e. The van der Waals surface area contributed by atoms with Gasteiger partial charge in [-0.2, -0.15) is 0 Å². The first kappa shape index (κ1) is 15.0. The van der Waals surface area contributed by atoms with Crippen LogP contribution in [0, 0.1) is 6.92 Å². The van der Waals surface area contributed by atoms with Crippen LogP contribution in [0.5, 0.6) is 5.88 Å². The fourth-order valence-electron chi connectivity index (χ4n) is 2.10. The van der Waals surface area contributed by atoms with E-state index in [1.54, 1.807) is 24.4 Å². The van der Waals surface area contributed by atoms with Crippen molar-refractivity contribution in [1.82, 2.24) is 4.98 Å². The van der Waals surface area contributed by atoms with Crippen LogP contribution in [0.1, 0.15) is 21.5 Å². The minimum absolute atomic E-state index is 0.167. The highest BCUT2D eigenvalue weighted by atomic mass is 16.5.